The second-order valence-corrected chi connectivity index (χ2v) is 4.47. The number of aliphatic hydroxyl groups excluding tert-OH is 1. The Labute approximate surface area is 98.7 Å². The van der Waals surface area contributed by atoms with Gasteiger partial charge in [0, 0.05) is 39.3 Å². The first-order chi connectivity index (χ1) is 7.72. The minimum absolute atomic E-state index is 0.218. The molecule has 1 atom stereocenters. The molecule has 0 bridgehead atoms. The van der Waals surface area contributed by atoms with Crippen LogP contribution in [0.25, 0.3) is 0 Å². The molecular weight excluding hydrogens is 232 g/mol. The Morgan fingerprint density at radius 1 is 1.12 bits per heavy atom. The SMILES string of the molecule is O=S(O)OCCCN1CCN(CCO)CC1. The summed E-state index contributed by atoms with van der Waals surface area (Å²) in [6.07, 6.45) is 0.770. The van der Waals surface area contributed by atoms with E-state index >= 15 is 0 Å². The van der Waals surface area contributed by atoms with E-state index in [1.807, 2.05) is 0 Å². The molecule has 0 spiro atoms. The Kier molecular flexibility index (Phi) is 7.10. The van der Waals surface area contributed by atoms with Crippen LogP contribution in [0.5, 0.6) is 0 Å². The molecule has 0 aliphatic carbocycles. The van der Waals surface area contributed by atoms with Gasteiger partial charge in [0.2, 0.25) is 0 Å². The highest BCUT2D eigenvalue weighted by Gasteiger charge is 2.15. The molecule has 1 heterocycles. The average molecular weight is 252 g/mol. The van der Waals surface area contributed by atoms with Crippen LogP contribution in [0.3, 0.4) is 0 Å². The van der Waals surface area contributed by atoms with Crippen LogP contribution in [-0.4, -0.2) is 76.2 Å². The molecule has 6 nitrogen and oxygen atoms in total. The minimum atomic E-state index is -2.13. The van der Waals surface area contributed by atoms with Gasteiger partial charge < -0.3 is 10.0 Å². The third-order valence-corrected chi connectivity index (χ3v) is 3.05. The van der Waals surface area contributed by atoms with Gasteiger partial charge in [0.05, 0.1) is 13.2 Å². The first-order valence-electron chi connectivity index (χ1n) is 5.52. The number of β-amino-alcohol motifs (C(OH)–C–C–N with tert-alkyl or cyclic N) is 1. The van der Waals surface area contributed by atoms with Gasteiger partial charge in [-0.3, -0.25) is 13.6 Å². The normalized spacial score (nSPS) is 21.1. The molecule has 1 saturated heterocycles. The van der Waals surface area contributed by atoms with Crippen LogP contribution in [0.2, 0.25) is 0 Å². The molecule has 1 rings (SSSR count). The number of piperazine rings is 1. The smallest absolute Gasteiger partial charge is 0.301 e. The van der Waals surface area contributed by atoms with Crippen molar-refractivity contribution in [2.24, 2.45) is 0 Å². The van der Waals surface area contributed by atoms with Gasteiger partial charge in [0.15, 0.2) is 0 Å². The van der Waals surface area contributed by atoms with Gasteiger partial charge in [-0.15, -0.1) is 0 Å². The molecule has 0 aromatic rings. The fourth-order valence-electron chi connectivity index (χ4n) is 1.80. The quantitative estimate of drug-likeness (QED) is 0.454. The van der Waals surface area contributed by atoms with Crippen LogP contribution in [0, 0.1) is 0 Å². The van der Waals surface area contributed by atoms with Crippen LogP contribution >= 0.6 is 0 Å². The number of hydrogen-bond donors (Lipinski definition) is 2. The lowest BCUT2D eigenvalue weighted by Gasteiger charge is -2.34. The zero-order valence-corrected chi connectivity index (χ0v) is 10.2. The van der Waals surface area contributed by atoms with E-state index in [0.29, 0.717) is 6.61 Å². The van der Waals surface area contributed by atoms with Gasteiger partial charge in [-0.25, -0.2) is 0 Å². The fraction of sp³-hybridized carbons (Fsp3) is 1.00. The van der Waals surface area contributed by atoms with Crippen molar-refractivity contribution in [1.82, 2.24) is 9.80 Å². The highest BCUT2D eigenvalue weighted by molar-refractivity contribution is 7.74. The first-order valence-corrected chi connectivity index (χ1v) is 6.55. The molecule has 1 fully saturated rings. The third-order valence-electron chi connectivity index (χ3n) is 2.68. The van der Waals surface area contributed by atoms with E-state index in [9.17, 15) is 4.21 Å². The Hall–Kier alpha value is -0.0500. The van der Waals surface area contributed by atoms with E-state index in [1.54, 1.807) is 0 Å². The summed E-state index contributed by atoms with van der Waals surface area (Å²) in [6.45, 7) is 6.12. The summed E-state index contributed by atoms with van der Waals surface area (Å²) in [5.41, 5.74) is 0. The molecular formula is C9H20N2O4S. The molecule has 0 saturated carbocycles. The Morgan fingerprint density at radius 2 is 1.69 bits per heavy atom. The molecule has 1 aliphatic heterocycles. The maximum absolute atomic E-state index is 10.2. The summed E-state index contributed by atoms with van der Waals surface area (Å²) in [6, 6.07) is 0. The fourth-order valence-corrected chi connectivity index (χ4v) is 2.06. The monoisotopic (exact) mass is 252 g/mol. The molecule has 0 amide bonds. The standard InChI is InChI=1S/C9H20N2O4S/c12-8-7-11-5-3-10(4-6-11)2-1-9-15-16(13)14/h12H,1-9H2,(H,13,14). The third kappa shape index (κ3) is 5.88. The van der Waals surface area contributed by atoms with E-state index in [4.69, 9.17) is 9.66 Å². The zero-order chi connectivity index (χ0) is 11.8. The van der Waals surface area contributed by atoms with Gasteiger partial charge in [0.1, 0.15) is 0 Å². The second kappa shape index (κ2) is 8.10. The van der Waals surface area contributed by atoms with Gasteiger partial charge in [-0.2, -0.15) is 4.21 Å². The van der Waals surface area contributed by atoms with Gasteiger partial charge in [0.25, 0.3) is 0 Å². The maximum atomic E-state index is 10.2. The molecule has 1 aliphatic rings. The topological polar surface area (TPSA) is 73.2 Å². The van der Waals surface area contributed by atoms with E-state index in [2.05, 4.69) is 14.0 Å². The van der Waals surface area contributed by atoms with Crippen molar-refractivity contribution < 1.29 is 18.1 Å². The highest BCUT2D eigenvalue weighted by Crippen LogP contribution is 2.02. The maximum Gasteiger partial charge on any atom is 0.301 e. The predicted molar refractivity (Wildman–Crippen MR) is 61.3 cm³/mol. The largest absolute Gasteiger partial charge is 0.395 e. The number of nitrogens with zero attached hydrogens (tertiary/aromatic N) is 2. The minimum Gasteiger partial charge on any atom is -0.395 e. The van der Waals surface area contributed by atoms with E-state index in [1.165, 1.54) is 0 Å². The van der Waals surface area contributed by atoms with Crippen molar-refractivity contribution in [3.05, 3.63) is 0 Å². The van der Waals surface area contributed by atoms with Gasteiger partial charge in [-0.05, 0) is 6.42 Å². The number of rotatable bonds is 7. The van der Waals surface area contributed by atoms with Crippen molar-refractivity contribution in [2.45, 2.75) is 6.42 Å². The summed E-state index contributed by atoms with van der Waals surface area (Å²) in [7, 11) is 0. The summed E-state index contributed by atoms with van der Waals surface area (Å²) < 4.78 is 23.1. The van der Waals surface area contributed by atoms with Crippen LogP contribution in [0.1, 0.15) is 6.42 Å². The number of hydrogen-bond acceptors (Lipinski definition) is 5. The van der Waals surface area contributed by atoms with Crippen molar-refractivity contribution >= 4 is 11.4 Å². The summed E-state index contributed by atoms with van der Waals surface area (Å²) in [5, 5.41) is 8.79. The summed E-state index contributed by atoms with van der Waals surface area (Å²) >= 11 is -2.13. The van der Waals surface area contributed by atoms with Crippen molar-refractivity contribution in [2.75, 3.05) is 52.5 Å². The second-order valence-electron chi connectivity index (χ2n) is 3.80. The van der Waals surface area contributed by atoms with Crippen LogP contribution in [-0.2, 0) is 15.5 Å². The summed E-state index contributed by atoms with van der Waals surface area (Å²) in [5.74, 6) is 0. The predicted octanol–water partition coefficient (Wildman–Crippen LogP) is -0.860. The molecule has 0 radical (unpaired) electrons. The van der Waals surface area contributed by atoms with E-state index < -0.39 is 11.4 Å². The Bertz CT molecular complexity index is 210. The van der Waals surface area contributed by atoms with Crippen LogP contribution < -0.4 is 0 Å². The Balaban J connectivity index is 2.01. The molecule has 1 unspecified atom stereocenters. The molecule has 0 aromatic heterocycles. The Morgan fingerprint density at radius 3 is 2.19 bits per heavy atom. The van der Waals surface area contributed by atoms with Gasteiger partial charge >= 0.3 is 11.4 Å². The highest BCUT2D eigenvalue weighted by atomic mass is 32.2. The molecule has 16 heavy (non-hydrogen) atoms. The van der Waals surface area contributed by atoms with Crippen molar-refractivity contribution in [3.8, 4) is 0 Å². The van der Waals surface area contributed by atoms with E-state index in [-0.39, 0.29) is 6.61 Å². The number of aliphatic hydroxyl groups is 1. The van der Waals surface area contributed by atoms with Gasteiger partial charge in [-0.1, -0.05) is 0 Å². The van der Waals surface area contributed by atoms with Crippen LogP contribution in [0.15, 0.2) is 0 Å². The van der Waals surface area contributed by atoms with Crippen LogP contribution in [0.4, 0.5) is 0 Å². The lowest BCUT2D eigenvalue weighted by molar-refractivity contribution is 0.108. The molecule has 2 N–H and O–H groups in total. The average Bonchev–Trinajstić information content (AvgIpc) is 2.27. The molecule has 7 heteroatoms. The van der Waals surface area contributed by atoms with E-state index in [0.717, 1.165) is 45.7 Å². The zero-order valence-electron chi connectivity index (χ0n) is 9.38. The molecule has 0 aromatic carbocycles. The molecule has 96 valence electrons. The van der Waals surface area contributed by atoms with Crippen molar-refractivity contribution in [1.29, 1.82) is 0 Å². The van der Waals surface area contributed by atoms with Crippen molar-refractivity contribution in [3.63, 3.8) is 0 Å². The lowest BCUT2D eigenvalue weighted by atomic mass is 10.3. The lowest BCUT2D eigenvalue weighted by Crippen LogP contribution is -2.47. The first kappa shape index (κ1) is 14.0. The summed E-state index contributed by atoms with van der Waals surface area (Å²) in [4.78, 5) is 4.54.